The van der Waals surface area contributed by atoms with E-state index in [0.717, 1.165) is 10.9 Å². The molecule has 0 unspecified atom stereocenters. The Morgan fingerprint density at radius 1 is 1.21 bits per heavy atom. The van der Waals surface area contributed by atoms with Gasteiger partial charge in [-0.25, -0.2) is 4.79 Å². The monoisotopic (exact) mass is 418 g/mol. The Bertz CT molecular complexity index is 1190. The summed E-state index contributed by atoms with van der Waals surface area (Å²) in [5.41, 5.74) is 1.91. The maximum atomic E-state index is 12.4. The van der Waals surface area contributed by atoms with E-state index < -0.39 is 34.3 Å². The van der Waals surface area contributed by atoms with Crippen LogP contribution in [0.4, 0.5) is 0 Å². The van der Waals surface area contributed by atoms with Gasteiger partial charge in [0.15, 0.2) is 0 Å². The number of carboxylic acid groups (broad SMARTS) is 1. The highest BCUT2D eigenvalue weighted by molar-refractivity contribution is 7.84. The summed E-state index contributed by atoms with van der Waals surface area (Å²) in [5, 5.41) is 15.1. The number of benzene rings is 1. The highest BCUT2D eigenvalue weighted by Gasteiger charge is 2.19. The fraction of sp³-hybridized carbons (Fsp3) is 0.350. The molecule has 2 aromatic heterocycles. The average Bonchev–Trinajstić information content (AvgIpc) is 3.00. The number of hydrogen-bond donors (Lipinski definition) is 1. The van der Waals surface area contributed by atoms with Crippen molar-refractivity contribution in [1.29, 1.82) is 0 Å². The lowest BCUT2D eigenvalue weighted by molar-refractivity contribution is -0.308. The van der Waals surface area contributed by atoms with Crippen LogP contribution in [0.1, 0.15) is 23.1 Å². The zero-order chi connectivity index (χ0) is 21.3. The number of rotatable bonds is 7. The largest absolute Gasteiger partial charge is 0.548 e. The average molecular weight is 418 g/mol. The number of nitrogens with one attached hydrogen (secondary N) is 1. The number of carbonyl (C=O) groups excluding carboxylic acids is 2. The van der Waals surface area contributed by atoms with E-state index in [4.69, 9.17) is 8.83 Å². The zero-order valence-corrected chi connectivity index (χ0v) is 17.0. The second-order valence-electron chi connectivity index (χ2n) is 6.94. The molecular weight excluding hydrogens is 398 g/mol. The van der Waals surface area contributed by atoms with Crippen molar-refractivity contribution in [1.82, 2.24) is 5.32 Å². The maximum absolute atomic E-state index is 12.4. The van der Waals surface area contributed by atoms with Crippen LogP contribution in [0.5, 0.6) is 0 Å². The van der Waals surface area contributed by atoms with Gasteiger partial charge in [0, 0.05) is 39.6 Å². The van der Waals surface area contributed by atoms with Crippen molar-refractivity contribution in [2.45, 2.75) is 32.7 Å². The summed E-state index contributed by atoms with van der Waals surface area (Å²) in [4.78, 5) is 36.0. The van der Waals surface area contributed by atoms with Crippen molar-refractivity contribution in [3.63, 3.8) is 0 Å². The molecule has 0 spiro atoms. The third-order valence-electron chi connectivity index (χ3n) is 4.83. The molecule has 1 N–H and O–H groups in total. The predicted molar refractivity (Wildman–Crippen MR) is 106 cm³/mol. The normalized spacial score (nSPS) is 13.5. The standard InChI is InChI=1S/C20H21NO7S/c1-10-9-27-16-8-17-13(6-12(10)16)11(2)14(20(25)28-17)7-18(22)21-15(19(23)24)4-5-29(3)26/h6,8-9,15H,4-5,7H2,1-3H3,(H,21,22)(H,23,24)/p-1/t15-,29-/m1/s1. The lowest BCUT2D eigenvalue weighted by Crippen LogP contribution is -2.49. The first-order valence-electron chi connectivity index (χ1n) is 8.91. The Kier molecular flexibility index (Phi) is 5.88. The van der Waals surface area contributed by atoms with E-state index in [0.29, 0.717) is 22.1 Å². The molecule has 0 aliphatic carbocycles. The van der Waals surface area contributed by atoms with Crippen molar-refractivity contribution < 1.29 is 27.7 Å². The first kappa shape index (κ1) is 20.8. The molecule has 2 heterocycles. The minimum absolute atomic E-state index is 0.0275. The van der Waals surface area contributed by atoms with E-state index in [1.54, 1.807) is 19.3 Å². The van der Waals surface area contributed by atoms with Gasteiger partial charge >= 0.3 is 5.63 Å². The summed E-state index contributed by atoms with van der Waals surface area (Å²) in [7, 11) is -1.20. The minimum Gasteiger partial charge on any atom is -0.548 e. The fourth-order valence-electron chi connectivity index (χ4n) is 3.18. The van der Waals surface area contributed by atoms with E-state index in [1.165, 1.54) is 6.26 Å². The van der Waals surface area contributed by atoms with E-state index in [-0.39, 0.29) is 24.2 Å². The van der Waals surface area contributed by atoms with Crippen molar-refractivity contribution in [3.8, 4) is 0 Å². The summed E-state index contributed by atoms with van der Waals surface area (Å²) in [6, 6.07) is 2.18. The summed E-state index contributed by atoms with van der Waals surface area (Å²) in [6.07, 6.45) is 2.68. The van der Waals surface area contributed by atoms with Crippen LogP contribution in [-0.4, -0.2) is 34.1 Å². The molecule has 3 rings (SSSR count). The number of carbonyl (C=O) groups is 2. The van der Waals surface area contributed by atoms with Gasteiger partial charge in [-0.15, -0.1) is 0 Å². The minimum atomic E-state index is -1.47. The van der Waals surface area contributed by atoms with Crippen LogP contribution in [-0.2, 0) is 26.8 Å². The molecule has 0 saturated carbocycles. The van der Waals surface area contributed by atoms with Crippen LogP contribution in [0.2, 0.25) is 0 Å². The molecule has 1 amide bonds. The second kappa shape index (κ2) is 8.20. The van der Waals surface area contributed by atoms with Crippen molar-refractivity contribution in [2.24, 2.45) is 0 Å². The molecule has 2 atom stereocenters. The van der Waals surface area contributed by atoms with Crippen molar-refractivity contribution in [3.05, 3.63) is 45.5 Å². The molecule has 0 radical (unpaired) electrons. The summed E-state index contributed by atoms with van der Waals surface area (Å²) in [6.45, 7) is 3.60. The Balaban J connectivity index is 1.90. The van der Waals surface area contributed by atoms with E-state index >= 15 is 0 Å². The van der Waals surface area contributed by atoms with Crippen LogP contribution < -0.4 is 16.0 Å². The van der Waals surface area contributed by atoms with Gasteiger partial charge in [0.05, 0.1) is 30.3 Å². The van der Waals surface area contributed by atoms with Crippen LogP contribution in [0, 0.1) is 13.8 Å². The van der Waals surface area contributed by atoms with Crippen LogP contribution in [0.3, 0.4) is 0 Å². The van der Waals surface area contributed by atoms with E-state index in [9.17, 15) is 23.7 Å². The molecule has 0 fully saturated rings. The van der Waals surface area contributed by atoms with Gasteiger partial charge in [0.25, 0.3) is 0 Å². The molecule has 29 heavy (non-hydrogen) atoms. The van der Waals surface area contributed by atoms with Crippen LogP contribution in [0.15, 0.2) is 32.0 Å². The molecule has 0 aliphatic heterocycles. The quantitative estimate of drug-likeness (QED) is 0.559. The SMILES string of the molecule is Cc1coc2cc3oc(=O)c(CC(=O)N[C@H](CC[S@@](C)=O)C(=O)[O-])c(C)c3cc12. The molecule has 8 nitrogen and oxygen atoms in total. The van der Waals surface area contributed by atoms with Crippen molar-refractivity contribution in [2.75, 3.05) is 12.0 Å². The lowest BCUT2D eigenvalue weighted by atomic mass is 10.0. The highest BCUT2D eigenvalue weighted by atomic mass is 32.2. The number of amides is 1. The molecular formula is C20H20NO7S-. The molecule has 1 aromatic carbocycles. The fourth-order valence-corrected chi connectivity index (χ4v) is 3.75. The van der Waals surface area contributed by atoms with Gasteiger partial charge in [-0.1, -0.05) is 0 Å². The van der Waals surface area contributed by atoms with Gasteiger partial charge in [-0.3, -0.25) is 9.00 Å². The first-order valence-corrected chi connectivity index (χ1v) is 10.6. The molecule has 0 aliphatic rings. The zero-order valence-electron chi connectivity index (χ0n) is 16.2. The Labute approximate surface area is 168 Å². The van der Waals surface area contributed by atoms with Gasteiger partial charge < -0.3 is 24.1 Å². The maximum Gasteiger partial charge on any atom is 0.340 e. The third kappa shape index (κ3) is 4.40. The summed E-state index contributed by atoms with van der Waals surface area (Å²) < 4.78 is 22.0. The van der Waals surface area contributed by atoms with Crippen molar-refractivity contribution >= 4 is 44.6 Å². The topological polar surface area (TPSA) is 130 Å². The second-order valence-corrected chi connectivity index (χ2v) is 8.49. The molecule has 9 heteroatoms. The molecule has 0 bridgehead atoms. The summed E-state index contributed by atoms with van der Waals surface area (Å²) in [5.74, 6) is -2.02. The van der Waals surface area contributed by atoms with Gasteiger partial charge in [0.2, 0.25) is 5.91 Å². The smallest absolute Gasteiger partial charge is 0.340 e. The summed E-state index contributed by atoms with van der Waals surface area (Å²) >= 11 is 0. The Morgan fingerprint density at radius 2 is 1.93 bits per heavy atom. The number of furan rings is 1. The molecule has 3 aromatic rings. The Hall–Kier alpha value is -2.94. The van der Waals surface area contributed by atoms with Crippen LogP contribution >= 0.6 is 0 Å². The van der Waals surface area contributed by atoms with Gasteiger partial charge in [0.1, 0.15) is 11.2 Å². The number of aryl methyl sites for hydroxylation is 2. The number of fused-ring (bicyclic) bond motifs is 2. The highest BCUT2D eigenvalue weighted by Crippen LogP contribution is 2.28. The third-order valence-corrected chi connectivity index (χ3v) is 5.64. The number of aliphatic carboxylic acids is 1. The van der Waals surface area contributed by atoms with Gasteiger partial charge in [-0.2, -0.15) is 0 Å². The first-order chi connectivity index (χ1) is 13.7. The number of hydrogen-bond acceptors (Lipinski definition) is 7. The molecule has 0 saturated heterocycles. The van der Waals surface area contributed by atoms with Gasteiger partial charge in [-0.05, 0) is 37.5 Å². The van der Waals surface area contributed by atoms with E-state index in [2.05, 4.69) is 5.32 Å². The predicted octanol–water partition coefficient (Wildman–Crippen LogP) is 0.702. The number of carboxylic acids is 1. The van der Waals surface area contributed by atoms with E-state index in [1.807, 2.05) is 13.0 Å². The molecule has 154 valence electrons. The lowest BCUT2D eigenvalue weighted by Gasteiger charge is -2.19. The van der Waals surface area contributed by atoms with Crippen LogP contribution in [0.25, 0.3) is 21.9 Å². The Morgan fingerprint density at radius 3 is 2.59 bits per heavy atom.